The fraction of sp³-hybridized carbons (Fsp3) is 0.583. The predicted octanol–water partition coefficient (Wildman–Crippen LogP) is 1.44. The van der Waals surface area contributed by atoms with Gasteiger partial charge in [-0.2, -0.15) is 0 Å². The minimum atomic E-state index is -3.45. The first-order chi connectivity index (χ1) is 8.96. The van der Waals surface area contributed by atoms with Gasteiger partial charge in [0.25, 0.3) is 0 Å². The number of aromatic nitrogens is 1. The minimum Gasteiger partial charge on any atom is -0.399 e. The van der Waals surface area contributed by atoms with E-state index in [1.807, 2.05) is 27.7 Å². The number of pyridine rings is 1. The molecule has 1 aromatic heterocycles. The molecule has 2 rings (SSSR count). The Hall–Kier alpha value is -0.625. The summed E-state index contributed by atoms with van der Waals surface area (Å²) >= 11 is 6.18. The van der Waals surface area contributed by atoms with Crippen LogP contribution in [0.3, 0.4) is 0 Å². The highest BCUT2D eigenvalue weighted by molar-refractivity contribution is 7.90. The Morgan fingerprint density at radius 1 is 1.15 bits per heavy atom. The fourth-order valence-electron chi connectivity index (χ4n) is 1.83. The van der Waals surface area contributed by atoms with Crippen LogP contribution in [0, 0.1) is 0 Å². The molecule has 110 valence electrons. The maximum absolute atomic E-state index is 11.7. The van der Waals surface area contributed by atoms with Gasteiger partial charge in [0.05, 0.1) is 16.2 Å². The standard InChI is InChI=1S/C12H17BClNO4S/c1-11(2)12(3,4)19-13(18-11)8-6-15-7-9(10(8)14)20(5,16)17/h6-7H,1-5H3. The molecule has 1 aromatic rings. The van der Waals surface area contributed by atoms with Crippen LogP contribution in [-0.2, 0) is 19.1 Å². The van der Waals surface area contributed by atoms with Crippen molar-refractivity contribution in [3.05, 3.63) is 17.4 Å². The Morgan fingerprint density at radius 2 is 1.65 bits per heavy atom. The second kappa shape index (κ2) is 4.69. The molecule has 0 radical (unpaired) electrons. The molecule has 1 aliphatic rings. The van der Waals surface area contributed by atoms with Crippen LogP contribution in [0.5, 0.6) is 0 Å². The van der Waals surface area contributed by atoms with Crippen LogP contribution >= 0.6 is 11.6 Å². The van der Waals surface area contributed by atoms with Crippen molar-refractivity contribution < 1.29 is 17.7 Å². The maximum atomic E-state index is 11.7. The van der Waals surface area contributed by atoms with Crippen molar-refractivity contribution in [3.63, 3.8) is 0 Å². The Balaban J connectivity index is 2.47. The zero-order chi connectivity index (χ0) is 15.3. The van der Waals surface area contributed by atoms with Gasteiger partial charge >= 0.3 is 7.12 Å². The molecule has 0 N–H and O–H groups in total. The lowest BCUT2D eigenvalue weighted by Crippen LogP contribution is -2.41. The maximum Gasteiger partial charge on any atom is 0.498 e. The van der Waals surface area contributed by atoms with E-state index >= 15 is 0 Å². The van der Waals surface area contributed by atoms with Gasteiger partial charge in [-0.25, -0.2) is 8.42 Å². The Bertz CT molecular complexity index is 629. The van der Waals surface area contributed by atoms with E-state index in [1.54, 1.807) is 0 Å². The Kier molecular flexibility index (Phi) is 3.70. The second-order valence-electron chi connectivity index (χ2n) is 5.90. The van der Waals surface area contributed by atoms with Gasteiger partial charge in [-0.15, -0.1) is 0 Å². The van der Waals surface area contributed by atoms with Crippen molar-refractivity contribution in [2.75, 3.05) is 6.26 Å². The first-order valence-electron chi connectivity index (χ1n) is 6.15. The molecule has 0 aliphatic carbocycles. The molecule has 1 aliphatic heterocycles. The molecule has 2 heterocycles. The summed E-state index contributed by atoms with van der Waals surface area (Å²) in [5.74, 6) is 0. The number of hydrogen-bond acceptors (Lipinski definition) is 5. The second-order valence-corrected chi connectivity index (χ2v) is 8.26. The van der Waals surface area contributed by atoms with Crippen LogP contribution < -0.4 is 5.46 Å². The zero-order valence-corrected chi connectivity index (χ0v) is 13.7. The van der Waals surface area contributed by atoms with E-state index in [9.17, 15) is 8.42 Å². The van der Waals surface area contributed by atoms with Crippen molar-refractivity contribution in [2.45, 2.75) is 43.8 Å². The third-order valence-corrected chi connectivity index (χ3v) is 5.42. The van der Waals surface area contributed by atoms with Gasteiger partial charge in [-0.3, -0.25) is 4.98 Å². The largest absolute Gasteiger partial charge is 0.498 e. The lowest BCUT2D eigenvalue weighted by molar-refractivity contribution is 0.00578. The van der Waals surface area contributed by atoms with E-state index in [-0.39, 0.29) is 9.92 Å². The molecule has 1 fully saturated rings. The number of rotatable bonds is 2. The van der Waals surface area contributed by atoms with Gasteiger partial charge in [0.2, 0.25) is 0 Å². The minimum absolute atomic E-state index is 0.0219. The average molecular weight is 318 g/mol. The highest BCUT2D eigenvalue weighted by atomic mass is 35.5. The quantitative estimate of drug-likeness (QED) is 0.772. The molecule has 0 unspecified atom stereocenters. The van der Waals surface area contributed by atoms with Gasteiger partial charge < -0.3 is 9.31 Å². The van der Waals surface area contributed by atoms with Crippen molar-refractivity contribution >= 4 is 34.0 Å². The monoisotopic (exact) mass is 317 g/mol. The smallest absolute Gasteiger partial charge is 0.399 e. The molecular formula is C12H17BClNO4S. The zero-order valence-electron chi connectivity index (χ0n) is 12.1. The normalized spacial score (nSPS) is 21.2. The molecule has 0 spiro atoms. The molecule has 0 aromatic carbocycles. The fourth-order valence-corrected chi connectivity index (χ4v) is 3.14. The summed E-state index contributed by atoms with van der Waals surface area (Å²) in [6.07, 6.45) is 3.79. The molecular weight excluding hydrogens is 300 g/mol. The molecule has 0 amide bonds. The van der Waals surface area contributed by atoms with E-state index in [4.69, 9.17) is 20.9 Å². The summed E-state index contributed by atoms with van der Waals surface area (Å²) in [6.45, 7) is 7.65. The van der Waals surface area contributed by atoms with E-state index in [1.165, 1.54) is 12.4 Å². The Labute approximate surface area is 124 Å². The van der Waals surface area contributed by atoms with E-state index in [0.29, 0.717) is 5.46 Å². The third kappa shape index (κ3) is 2.59. The van der Waals surface area contributed by atoms with Crippen LogP contribution in [-0.4, -0.2) is 38.0 Å². The van der Waals surface area contributed by atoms with E-state index in [0.717, 1.165) is 6.26 Å². The lowest BCUT2D eigenvalue weighted by Gasteiger charge is -2.32. The number of nitrogens with zero attached hydrogens (tertiary/aromatic N) is 1. The topological polar surface area (TPSA) is 65.5 Å². The molecule has 8 heteroatoms. The molecule has 1 saturated heterocycles. The summed E-state index contributed by atoms with van der Waals surface area (Å²) in [5, 5.41) is 0.0981. The third-order valence-electron chi connectivity index (χ3n) is 3.78. The summed E-state index contributed by atoms with van der Waals surface area (Å²) in [7, 11) is -4.18. The number of hydrogen-bond donors (Lipinski definition) is 0. The highest BCUT2D eigenvalue weighted by Crippen LogP contribution is 2.37. The van der Waals surface area contributed by atoms with Crippen LogP contribution in [0.2, 0.25) is 5.02 Å². The van der Waals surface area contributed by atoms with Crippen LogP contribution in [0.15, 0.2) is 17.3 Å². The summed E-state index contributed by atoms with van der Waals surface area (Å²) < 4.78 is 35.1. The lowest BCUT2D eigenvalue weighted by atomic mass is 9.80. The van der Waals surface area contributed by atoms with Crippen LogP contribution in [0.25, 0.3) is 0 Å². The average Bonchev–Trinajstić information content (AvgIpc) is 2.46. The van der Waals surface area contributed by atoms with Crippen molar-refractivity contribution in [2.24, 2.45) is 0 Å². The van der Waals surface area contributed by atoms with Gasteiger partial charge in [-0.1, -0.05) is 11.6 Å². The van der Waals surface area contributed by atoms with Crippen LogP contribution in [0.1, 0.15) is 27.7 Å². The predicted molar refractivity (Wildman–Crippen MR) is 78.1 cm³/mol. The van der Waals surface area contributed by atoms with Gasteiger partial charge in [-0.05, 0) is 27.7 Å². The van der Waals surface area contributed by atoms with Crippen LogP contribution in [0.4, 0.5) is 0 Å². The summed E-state index contributed by atoms with van der Waals surface area (Å²) in [6, 6.07) is 0. The summed E-state index contributed by atoms with van der Waals surface area (Å²) in [4.78, 5) is 3.91. The number of halogens is 1. The highest BCUT2D eigenvalue weighted by Gasteiger charge is 2.52. The van der Waals surface area contributed by atoms with Crippen molar-refractivity contribution in [1.29, 1.82) is 0 Å². The van der Waals surface area contributed by atoms with Crippen molar-refractivity contribution in [1.82, 2.24) is 4.98 Å². The first kappa shape index (κ1) is 15.8. The van der Waals surface area contributed by atoms with Crippen molar-refractivity contribution in [3.8, 4) is 0 Å². The van der Waals surface area contributed by atoms with E-state index < -0.39 is 28.2 Å². The molecule has 0 bridgehead atoms. The summed E-state index contributed by atoms with van der Waals surface area (Å²) in [5.41, 5.74) is -0.627. The van der Waals surface area contributed by atoms with Gasteiger partial charge in [0.1, 0.15) is 4.90 Å². The molecule has 20 heavy (non-hydrogen) atoms. The molecule has 5 nitrogen and oxygen atoms in total. The van der Waals surface area contributed by atoms with Gasteiger partial charge in [0, 0.05) is 24.1 Å². The van der Waals surface area contributed by atoms with E-state index in [2.05, 4.69) is 4.98 Å². The number of sulfone groups is 1. The molecule has 0 saturated carbocycles. The van der Waals surface area contributed by atoms with Gasteiger partial charge in [0.15, 0.2) is 9.84 Å². The SMILES string of the molecule is CC1(C)OB(c2cncc(S(C)(=O)=O)c2Cl)OC1(C)C. The molecule has 0 atom stereocenters. The Morgan fingerprint density at radius 3 is 2.10 bits per heavy atom. The first-order valence-corrected chi connectivity index (χ1v) is 8.42.